The number of nitrogens with zero attached hydrogens (tertiary/aromatic N) is 3. The Hall–Kier alpha value is -1.80. The van der Waals surface area contributed by atoms with Crippen LogP contribution in [0.25, 0.3) is 10.9 Å². The molecule has 1 aromatic heterocycles. The third kappa shape index (κ3) is 3.00. The molecule has 23 heavy (non-hydrogen) atoms. The van der Waals surface area contributed by atoms with Gasteiger partial charge in [-0.15, -0.1) is 0 Å². The lowest BCUT2D eigenvalue weighted by atomic mass is 9.97. The molecule has 0 unspecified atom stereocenters. The minimum atomic E-state index is 0.133. The zero-order valence-electron chi connectivity index (χ0n) is 13.4. The highest BCUT2D eigenvalue weighted by Crippen LogP contribution is 2.26. The van der Waals surface area contributed by atoms with Gasteiger partial charge < -0.3 is 9.47 Å². The molecule has 4 nitrogen and oxygen atoms in total. The number of amides is 1. The number of halogens is 1. The summed E-state index contributed by atoms with van der Waals surface area (Å²) >= 11 is 3.44. The topological polar surface area (TPSA) is 49.0 Å². The molecule has 3 rings (SSSR count). The molecule has 1 aliphatic heterocycles. The van der Waals surface area contributed by atoms with Crippen LogP contribution in [-0.4, -0.2) is 27.5 Å². The number of benzene rings is 1. The van der Waals surface area contributed by atoms with E-state index in [0.717, 1.165) is 28.2 Å². The standard InChI is InChI=1S/C18H20BrN3O/c1-12-4-3-5-13(2)22(12)18(23)11-21-10-14(9-20)16-8-15(19)6-7-17(16)21/h6-8,10,12-13H,3-5,11H2,1-2H3/t12-,13-/m1/s1. The average molecular weight is 374 g/mol. The van der Waals surface area contributed by atoms with Crippen molar-refractivity contribution in [3.05, 3.63) is 34.4 Å². The molecule has 1 amide bonds. The summed E-state index contributed by atoms with van der Waals surface area (Å²) in [5.74, 6) is 0.133. The van der Waals surface area contributed by atoms with Crippen LogP contribution in [0.15, 0.2) is 28.9 Å². The second-order valence-corrected chi connectivity index (χ2v) is 7.29. The largest absolute Gasteiger partial charge is 0.337 e. The molecule has 0 aliphatic carbocycles. The highest BCUT2D eigenvalue weighted by atomic mass is 79.9. The van der Waals surface area contributed by atoms with Crippen LogP contribution in [0.4, 0.5) is 0 Å². The van der Waals surface area contributed by atoms with Crippen LogP contribution < -0.4 is 0 Å². The molecule has 120 valence electrons. The highest BCUT2D eigenvalue weighted by Gasteiger charge is 2.29. The van der Waals surface area contributed by atoms with Gasteiger partial charge in [0.1, 0.15) is 12.6 Å². The molecule has 0 spiro atoms. The van der Waals surface area contributed by atoms with Gasteiger partial charge in [0.2, 0.25) is 5.91 Å². The van der Waals surface area contributed by atoms with Crippen molar-refractivity contribution < 1.29 is 4.79 Å². The maximum Gasteiger partial charge on any atom is 0.242 e. The second-order valence-electron chi connectivity index (χ2n) is 6.37. The van der Waals surface area contributed by atoms with Crippen LogP contribution in [0, 0.1) is 11.3 Å². The van der Waals surface area contributed by atoms with Crippen LogP contribution in [0.3, 0.4) is 0 Å². The molecule has 1 fully saturated rings. The van der Waals surface area contributed by atoms with Gasteiger partial charge in [-0.05, 0) is 51.3 Å². The van der Waals surface area contributed by atoms with Crippen molar-refractivity contribution in [1.29, 1.82) is 5.26 Å². The van der Waals surface area contributed by atoms with E-state index in [4.69, 9.17) is 0 Å². The average Bonchev–Trinajstić information content (AvgIpc) is 2.84. The number of rotatable bonds is 2. The van der Waals surface area contributed by atoms with Crippen molar-refractivity contribution in [2.45, 2.75) is 51.7 Å². The van der Waals surface area contributed by atoms with Gasteiger partial charge in [-0.3, -0.25) is 4.79 Å². The molecular weight excluding hydrogens is 354 g/mol. The smallest absolute Gasteiger partial charge is 0.242 e. The van der Waals surface area contributed by atoms with Gasteiger partial charge in [0, 0.05) is 33.7 Å². The first-order chi connectivity index (χ1) is 11.0. The summed E-state index contributed by atoms with van der Waals surface area (Å²) in [5, 5.41) is 10.2. The first-order valence-corrected chi connectivity index (χ1v) is 8.80. The number of carbonyl (C=O) groups excluding carboxylic acids is 1. The normalized spacial score (nSPS) is 21.4. The zero-order valence-corrected chi connectivity index (χ0v) is 15.0. The Morgan fingerprint density at radius 2 is 2.04 bits per heavy atom. The quantitative estimate of drug-likeness (QED) is 0.796. The third-order valence-electron chi connectivity index (χ3n) is 4.75. The Morgan fingerprint density at radius 3 is 2.70 bits per heavy atom. The fourth-order valence-electron chi connectivity index (χ4n) is 3.63. The van der Waals surface area contributed by atoms with Crippen molar-refractivity contribution in [2.75, 3.05) is 0 Å². The molecule has 0 bridgehead atoms. The summed E-state index contributed by atoms with van der Waals surface area (Å²) in [6.07, 6.45) is 5.11. The van der Waals surface area contributed by atoms with E-state index in [2.05, 4.69) is 35.8 Å². The minimum absolute atomic E-state index is 0.133. The molecule has 2 atom stereocenters. The maximum atomic E-state index is 12.8. The van der Waals surface area contributed by atoms with E-state index in [0.29, 0.717) is 5.56 Å². The summed E-state index contributed by atoms with van der Waals surface area (Å²) < 4.78 is 2.83. The van der Waals surface area contributed by atoms with Crippen molar-refractivity contribution in [3.63, 3.8) is 0 Å². The Labute approximate surface area is 144 Å². The summed E-state index contributed by atoms with van der Waals surface area (Å²) in [5.41, 5.74) is 1.53. The summed E-state index contributed by atoms with van der Waals surface area (Å²) in [4.78, 5) is 14.8. The van der Waals surface area contributed by atoms with Gasteiger partial charge in [-0.1, -0.05) is 15.9 Å². The molecule has 0 radical (unpaired) electrons. The van der Waals surface area contributed by atoms with Crippen molar-refractivity contribution in [2.24, 2.45) is 0 Å². The molecule has 5 heteroatoms. The number of hydrogen-bond acceptors (Lipinski definition) is 2. The number of nitriles is 1. The summed E-state index contributed by atoms with van der Waals surface area (Å²) in [6, 6.07) is 8.63. The fourth-order valence-corrected chi connectivity index (χ4v) is 3.99. The molecule has 0 N–H and O–H groups in total. The maximum absolute atomic E-state index is 12.8. The summed E-state index contributed by atoms with van der Waals surface area (Å²) in [6.45, 7) is 4.53. The SMILES string of the molecule is C[C@@H]1CCC[C@@H](C)N1C(=O)Cn1cc(C#N)c2cc(Br)ccc21. The first kappa shape index (κ1) is 16.1. The van der Waals surface area contributed by atoms with Gasteiger partial charge >= 0.3 is 0 Å². The molecular formula is C18H20BrN3O. The van der Waals surface area contributed by atoms with Crippen molar-refractivity contribution >= 4 is 32.7 Å². The Kier molecular flexibility index (Phi) is 4.45. The molecule has 2 aromatic rings. The Bertz CT molecular complexity index is 779. The van der Waals surface area contributed by atoms with Crippen LogP contribution in [0.2, 0.25) is 0 Å². The van der Waals surface area contributed by atoms with Crippen LogP contribution in [0.1, 0.15) is 38.7 Å². The van der Waals surface area contributed by atoms with E-state index in [1.165, 1.54) is 6.42 Å². The van der Waals surface area contributed by atoms with E-state index >= 15 is 0 Å². The lowest BCUT2D eigenvalue weighted by Crippen LogP contribution is -2.48. The predicted molar refractivity (Wildman–Crippen MR) is 94.0 cm³/mol. The third-order valence-corrected chi connectivity index (χ3v) is 5.24. The van der Waals surface area contributed by atoms with Crippen LogP contribution in [0.5, 0.6) is 0 Å². The predicted octanol–water partition coefficient (Wildman–Crippen LogP) is 4.06. The Morgan fingerprint density at radius 1 is 1.35 bits per heavy atom. The fraction of sp³-hybridized carbons (Fsp3) is 0.444. The van der Waals surface area contributed by atoms with Crippen LogP contribution >= 0.6 is 15.9 Å². The summed E-state index contributed by atoms with van der Waals surface area (Å²) in [7, 11) is 0. The van der Waals surface area contributed by atoms with E-state index in [1.807, 2.05) is 27.7 Å². The van der Waals surface area contributed by atoms with Crippen LogP contribution in [-0.2, 0) is 11.3 Å². The monoisotopic (exact) mass is 373 g/mol. The zero-order chi connectivity index (χ0) is 16.6. The molecule has 1 aromatic carbocycles. The lowest BCUT2D eigenvalue weighted by molar-refractivity contribution is -0.137. The second kappa shape index (κ2) is 6.37. The number of fused-ring (bicyclic) bond motifs is 1. The number of piperidine rings is 1. The van der Waals surface area contributed by atoms with E-state index < -0.39 is 0 Å². The van der Waals surface area contributed by atoms with E-state index in [9.17, 15) is 10.1 Å². The first-order valence-electron chi connectivity index (χ1n) is 8.01. The number of hydrogen-bond donors (Lipinski definition) is 0. The lowest BCUT2D eigenvalue weighted by Gasteiger charge is -2.39. The van der Waals surface area contributed by atoms with E-state index in [1.54, 1.807) is 6.20 Å². The molecule has 0 saturated carbocycles. The van der Waals surface area contributed by atoms with Crippen molar-refractivity contribution in [3.8, 4) is 6.07 Å². The van der Waals surface area contributed by atoms with E-state index in [-0.39, 0.29) is 24.5 Å². The molecule has 1 saturated heterocycles. The van der Waals surface area contributed by atoms with Gasteiger partial charge in [-0.25, -0.2) is 0 Å². The minimum Gasteiger partial charge on any atom is -0.337 e. The molecule has 2 heterocycles. The molecule has 1 aliphatic rings. The Balaban J connectivity index is 1.92. The van der Waals surface area contributed by atoms with Gasteiger partial charge in [-0.2, -0.15) is 5.26 Å². The number of carbonyl (C=O) groups is 1. The van der Waals surface area contributed by atoms with Gasteiger partial charge in [0.05, 0.1) is 5.56 Å². The highest BCUT2D eigenvalue weighted by molar-refractivity contribution is 9.10. The van der Waals surface area contributed by atoms with Gasteiger partial charge in [0.15, 0.2) is 0 Å². The van der Waals surface area contributed by atoms with Gasteiger partial charge in [0.25, 0.3) is 0 Å². The number of aromatic nitrogens is 1. The van der Waals surface area contributed by atoms with Crippen molar-refractivity contribution in [1.82, 2.24) is 9.47 Å². The number of likely N-dealkylation sites (tertiary alicyclic amines) is 1.